The van der Waals surface area contributed by atoms with Crippen LogP contribution in [0.3, 0.4) is 0 Å². The minimum Gasteiger partial charge on any atom is -0.342 e. The van der Waals surface area contributed by atoms with E-state index in [0.717, 1.165) is 4.90 Å². The van der Waals surface area contributed by atoms with Crippen molar-refractivity contribution in [3.05, 3.63) is 29.6 Å². The molecular weight excluding hydrogens is 285 g/mol. The van der Waals surface area contributed by atoms with Gasteiger partial charge in [-0.25, -0.2) is 13.2 Å². The molecule has 2 unspecified atom stereocenters. The average Bonchev–Trinajstić information content (AvgIpc) is 2.42. The zero-order chi connectivity index (χ0) is 15.7. The lowest BCUT2D eigenvalue weighted by atomic mass is 10.0. The molecule has 0 aromatic heterocycles. The summed E-state index contributed by atoms with van der Waals surface area (Å²) >= 11 is 0. The Bertz CT molecular complexity index is 592. The number of benzene rings is 1. The molecule has 1 saturated heterocycles. The summed E-state index contributed by atoms with van der Waals surface area (Å²) in [6.45, 7) is 3.23. The van der Waals surface area contributed by atoms with E-state index in [9.17, 15) is 22.8 Å². The van der Waals surface area contributed by atoms with Gasteiger partial charge in [-0.15, -0.1) is 0 Å². The maximum absolute atomic E-state index is 13.9. The van der Waals surface area contributed by atoms with Crippen LogP contribution in [0, 0.1) is 17.5 Å². The van der Waals surface area contributed by atoms with Crippen LogP contribution in [0.25, 0.3) is 0 Å². The van der Waals surface area contributed by atoms with E-state index in [1.165, 1.54) is 6.92 Å². The molecular formula is C14H15F3N2O2. The largest absolute Gasteiger partial charge is 0.342 e. The first-order valence-corrected chi connectivity index (χ1v) is 6.64. The fourth-order valence-corrected chi connectivity index (χ4v) is 2.34. The second kappa shape index (κ2) is 5.75. The molecule has 1 aromatic rings. The molecule has 0 saturated carbocycles. The molecule has 1 heterocycles. The lowest BCUT2D eigenvalue weighted by molar-refractivity contribution is -0.133. The van der Waals surface area contributed by atoms with E-state index in [1.54, 1.807) is 0 Å². The topological polar surface area (TPSA) is 49.4 Å². The predicted molar refractivity (Wildman–Crippen MR) is 70.1 cm³/mol. The number of rotatable bonds is 3. The van der Waals surface area contributed by atoms with Gasteiger partial charge in [-0.2, -0.15) is 0 Å². The minimum atomic E-state index is -1.34. The van der Waals surface area contributed by atoms with Crippen LogP contribution in [0.2, 0.25) is 0 Å². The maximum atomic E-state index is 13.9. The SMILES string of the molecule is CCCC1NC(=O)C(C)N(c2cc(F)c(F)cc2F)C1=O. The highest BCUT2D eigenvalue weighted by atomic mass is 19.2. The number of halogens is 3. The fraction of sp³-hybridized carbons (Fsp3) is 0.429. The number of amides is 2. The van der Waals surface area contributed by atoms with Gasteiger partial charge in [-0.05, 0) is 13.3 Å². The van der Waals surface area contributed by atoms with Gasteiger partial charge in [0, 0.05) is 12.1 Å². The third-order valence-electron chi connectivity index (χ3n) is 3.45. The van der Waals surface area contributed by atoms with E-state index in [2.05, 4.69) is 5.32 Å². The van der Waals surface area contributed by atoms with Gasteiger partial charge >= 0.3 is 0 Å². The zero-order valence-electron chi connectivity index (χ0n) is 11.6. The zero-order valence-corrected chi connectivity index (χ0v) is 11.6. The van der Waals surface area contributed by atoms with Crippen LogP contribution in [-0.4, -0.2) is 23.9 Å². The third-order valence-corrected chi connectivity index (χ3v) is 3.45. The number of carbonyl (C=O) groups excluding carboxylic acids is 2. The summed E-state index contributed by atoms with van der Waals surface area (Å²) in [5, 5.41) is 2.54. The number of hydrogen-bond donors (Lipinski definition) is 1. The highest BCUT2D eigenvalue weighted by Gasteiger charge is 2.39. The van der Waals surface area contributed by atoms with Gasteiger partial charge in [0.2, 0.25) is 11.8 Å². The first-order chi connectivity index (χ1) is 9.86. The molecule has 2 amide bonds. The van der Waals surface area contributed by atoms with Crippen LogP contribution < -0.4 is 10.2 Å². The summed E-state index contributed by atoms with van der Waals surface area (Å²) in [5.41, 5.74) is -0.428. The number of nitrogens with one attached hydrogen (secondary N) is 1. The molecule has 1 aromatic carbocycles. The Balaban J connectivity index is 2.46. The summed E-state index contributed by atoms with van der Waals surface area (Å²) in [5.74, 6) is -4.70. The maximum Gasteiger partial charge on any atom is 0.250 e. The normalized spacial score (nSPS) is 22.4. The molecule has 1 aliphatic rings. The molecule has 7 heteroatoms. The van der Waals surface area contributed by atoms with Crippen molar-refractivity contribution >= 4 is 17.5 Å². The Kier molecular flexibility index (Phi) is 4.20. The minimum absolute atomic E-state index is 0.367. The van der Waals surface area contributed by atoms with Gasteiger partial charge in [0.1, 0.15) is 17.9 Å². The van der Waals surface area contributed by atoms with Crippen molar-refractivity contribution in [2.45, 2.75) is 38.8 Å². The molecule has 1 N–H and O–H groups in total. The van der Waals surface area contributed by atoms with E-state index in [4.69, 9.17) is 0 Å². The molecule has 114 valence electrons. The lowest BCUT2D eigenvalue weighted by Gasteiger charge is -2.37. The average molecular weight is 300 g/mol. The first-order valence-electron chi connectivity index (χ1n) is 6.64. The summed E-state index contributed by atoms with van der Waals surface area (Å²) in [7, 11) is 0. The van der Waals surface area contributed by atoms with Crippen LogP contribution in [-0.2, 0) is 9.59 Å². The Labute approximate surface area is 119 Å². The van der Waals surface area contributed by atoms with E-state index in [-0.39, 0.29) is 0 Å². The predicted octanol–water partition coefficient (Wildman–Crippen LogP) is 2.12. The van der Waals surface area contributed by atoms with Crippen molar-refractivity contribution < 1.29 is 22.8 Å². The Morgan fingerprint density at radius 1 is 1.14 bits per heavy atom. The Morgan fingerprint density at radius 3 is 2.38 bits per heavy atom. The van der Waals surface area contributed by atoms with Gasteiger partial charge in [0.15, 0.2) is 11.6 Å². The molecule has 0 spiro atoms. The van der Waals surface area contributed by atoms with Gasteiger partial charge < -0.3 is 5.32 Å². The number of carbonyl (C=O) groups is 2. The smallest absolute Gasteiger partial charge is 0.250 e. The van der Waals surface area contributed by atoms with E-state index in [0.29, 0.717) is 25.0 Å². The van der Waals surface area contributed by atoms with Gasteiger partial charge in [0.05, 0.1) is 5.69 Å². The summed E-state index contributed by atoms with van der Waals surface area (Å²) < 4.78 is 40.2. The number of hydrogen-bond acceptors (Lipinski definition) is 2. The van der Waals surface area contributed by atoms with Crippen molar-refractivity contribution in [2.24, 2.45) is 0 Å². The molecule has 4 nitrogen and oxygen atoms in total. The molecule has 0 radical (unpaired) electrons. The second-order valence-corrected chi connectivity index (χ2v) is 4.95. The van der Waals surface area contributed by atoms with Crippen LogP contribution in [0.15, 0.2) is 12.1 Å². The van der Waals surface area contributed by atoms with Crippen LogP contribution in [0.5, 0.6) is 0 Å². The molecule has 21 heavy (non-hydrogen) atoms. The quantitative estimate of drug-likeness (QED) is 0.869. The van der Waals surface area contributed by atoms with Gasteiger partial charge in [-0.1, -0.05) is 13.3 Å². The van der Waals surface area contributed by atoms with Gasteiger partial charge in [-0.3, -0.25) is 14.5 Å². The van der Waals surface area contributed by atoms with Crippen LogP contribution in [0.4, 0.5) is 18.9 Å². The van der Waals surface area contributed by atoms with Crippen molar-refractivity contribution in [2.75, 3.05) is 4.90 Å². The highest BCUT2D eigenvalue weighted by Crippen LogP contribution is 2.27. The van der Waals surface area contributed by atoms with Crippen molar-refractivity contribution in [1.82, 2.24) is 5.32 Å². The summed E-state index contributed by atoms with van der Waals surface area (Å²) in [4.78, 5) is 25.1. The Morgan fingerprint density at radius 2 is 1.76 bits per heavy atom. The fourth-order valence-electron chi connectivity index (χ4n) is 2.34. The number of piperazine rings is 1. The van der Waals surface area contributed by atoms with Crippen molar-refractivity contribution in [3.8, 4) is 0 Å². The van der Waals surface area contributed by atoms with Crippen LogP contribution >= 0.6 is 0 Å². The molecule has 0 aliphatic carbocycles. The molecule has 0 bridgehead atoms. The molecule has 1 fully saturated rings. The van der Waals surface area contributed by atoms with E-state index in [1.807, 2.05) is 6.92 Å². The third kappa shape index (κ3) is 2.72. The van der Waals surface area contributed by atoms with Crippen molar-refractivity contribution in [3.63, 3.8) is 0 Å². The monoisotopic (exact) mass is 300 g/mol. The van der Waals surface area contributed by atoms with Gasteiger partial charge in [0.25, 0.3) is 0 Å². The summed E-state index contributed by atoms with van der Waals surface area (Å²) in [6.07, 6.45) is 1.03. The Hall–Kier alpha value is -2.05. The van der Waals surface area contributed by atoms with E-state index >= 15 is 0 Å². The number of nitrogens with zero attached hydrogens (tertiary/aromatic N) is 1. The second-order valence-electron chi connectivity index (χ2n) is 4.95. The molecule has 2 atom stereocenters. The van der Waals surface area contributed by atoms with Crippen molar-refractivity contribution in [1.29, 1.82) is 0 Å². The summed E-state index contributed by atoms with van der Waals surface area (Å²) in [6, 6.07) is -0.816. The number of anilines is 1. The highest BCUT2D eigenvalue weighted by molar-refractivity contribution is 6.08. The van der Waals surface area contributed by atoms with Crippen LogP contribution in [0.1, 0.15) is 26.7 Å². The standard InChI is InChI=1S/C14H15F3N2O2/c1-3-4-11-14(21)19(7(2)13(20)18-11)12-6-9(16)8(15)5-10(12)17/h5-7,11H,3-4H2,1-2H3,(H,18,20). The molecule has 1 aliphatic heterocycles. The lowest BCUT2D eigenvalue weighted by Crippen LogP contribution is -2.62. The molecule has 2 rings (SSSR count). The first kappa shape index (κ1) is 15.3. The van der Waals surface area contributed by atoms with E-state index < -0.39 is 47.0 Å².